The lowest BCUT2D eigenvalue weighted by molar-refractivity contribution is -0.160. The van der Waals surface area contributed by atoms with E-state index in [1.54, 1.807) is 5.32 Å². The molecule has 1 aliphatic heterocycles. The summed E-state index contributed by atoms with van der Waals surface area (Å²) >= 11 is 0. The van der Waals surface area contributed by atoms with Gasteiger partial charge in [0.25, 0.3) is 0 Å². The van der Waals surface area contributed by atoms with E-state index in [1.807, 2.05) is 13.8 Å². The molecule has 1 fully saturated rings. The lowest BCUT2D eigenvalue weighted by Crippen LogP contribution is -2.50. The van der Waals surface area contributed by atoms with E-state index in [1.165, 1.54) is 0 Å². The second-order valence-electron chi connectivity index (χ2n) is 4.36. The van der Waals surface area contributed by atoms with Crippen LogP contribution in [0.25, 0.3) is 0 Å². The fourth-order valence-corrected chi connectivity index (χ4v) is 2.16. The van der Waals surface area contributed by atoms with Crippen LogP contribution < -0.4 is 5.32 Å². The maximum absolute atomic E-state index is 12.0. The molecule has 2 nitrogen and oxygen atoms in total. The van der Waals surface area contributed by atoms with Crippen LogP contribution in [0.1, 0.15) is 33.1 Å². The summed E-state index contributed by atoms with van der Waals surface area (Å²) < 4.78 is 36.0. The summed E-state index contributed by atoms with van der Waals surface area (Å²) in [6.07, 6.45) is -1.25. The minimum absolute atomic E-state index is 0.0156. The van der Waals surface area contributed by atoms with Crippen LogP contribution in [0, 0.1) is 0 Å². The molecule has 1 heterocycles. The maximum atomic E-state index is 12.0. The van der Waals surface area contributed by atoms with Crippen molar-refractivity contribution in [1.82, 2.24) is 10.2 Å². The number of alkyl halides is 3. The van der Waals surface area contributed by atoms with Gasteiger partial charge in [-0.2, -0.15) is 13.2 Å². The molecule has 0 aromatic rings. The third-order valence-electron chi connectivity index (χ3n) is 2.87. The van der Waals surface area contributed by atoms with E-state index in [0.717, 1.165) is 25.8 Å². The van der Waals surface area contributed by atoms with Gasteiger partial charge in [0, 0.05) is 18.6 Å². The maximum Gasteiger partial charge on any atom is 0.457 e. The molecular weight excluding hydrogens is 205 g/mol. The van der Waals surface area contributed by atoms with Crippen LogP contribution >= 0.6 is 0 Å². The topological polar surface area (TPSA) is 15.3 Å². The van der Waals surface area contributed by atoms with Crippen LogP contribution in [0.15, 0.2) is 0 Å². The monoisotopic (exact) mass is 224 g/mol. The van der Waals surface area contributed by atoms with Gasteiger partial charge in [-0.05, 0) is 33.2 Å². The van der Waals surface area contributed by atoms with Gasteiger partial charge in [-0.1, -0.05) is 6.42 Å². The fraction of sp³-hybridized carbons (Fsp3) is 1.00. The Morgan fingerprint density at radius 3 is 2.53 bits per heavy atom. The highest BCUT2D eigenvalue weighted by Crippen LogP contribution is 2.20. The van der Waals surface area contributed by atoms with E-state index in [2.05, 4.69) is 4.90 Å². The highest BCUT2D eigenvalue weighted by Gasteiger charge is 2.31. The molecule has 0 aromatic heterocycles. The minimum Gasteiger partial charge on any atom is -0.297 e. The van der Waals surface area contributed by atoms with E-state index >= 15 is 0 Å². The number of nitrogens with one attached hydrogen (secondary N) is 1. The molecular formula is C10H19F3N2. The first kappa shape index (κ1) is 12.8. The average Bonchev–Trinajstić information content (AvgIpc) is 2.14. The van der Waals surface area contributed by atoms with Crippen molar-refractivity contribution in [2.75, 3.05) is 13.1 Å². The molecule has 1 N–H and O–H groups in total. The Morgan fingerprint density at radius 1 is 1.33 bits per heavy atom. The zero-order valence-electron chi connectivity index (χ0n) is 9.27. The number of halogens is 3. The summed E-state index contributed by atoms with van der Waals surface area (Å²) in [7, 11) is 0. The summed E-state index contributed by atoms with van der Waals surface area (Å²) in [5.74, 6) is 0. The largest absolute Gasteiger partial charge is 0.457 e. The molecule has 0 aromatic carbocycles. The zero-order chi connectivity index (χ0) is 11.5. The molecule has 1 rings (SSSR count). The number of piperidine rings is 1. The summed E-state index contributed by atoms with van der Waals surface area (Å²) in [4.78, 5) is 2.16. The van der Waals surface area contributed by atoms with Crippen molar-refractivity contribution < 1.29 is 13.2 Å². The fourth-order valence-electron chi connectivity index (χ4n) is 2.16. The third-order valence-corrected chi connectivity index (χ3v) is 2.87. The molecule has 5 heteroatoms. The lowest BCUT2D eigenvalue weighted by atomic mass is 10.0. The predicted molar refractivity (Wildman–Crippen MR) is 53.5 cm³/mol. The Kier molecular flexibility index (Phi) is 4.40. The SMILES string of the molecule is CC(C)N1CCCC[C@@H]1CNC(F)(F)F. The molecule has 1 saturated heterocycles. The van der Waals surface area contributed by atoms with Crippen LogP contribution in [-0.2, 0) is 0 Å². The zero-order valence-corrected chi connectivity index (χ0v) is 9.27. The van der Waals surface area contributed by atoms with Gasteiger partial charge in [-0.3, -0.25) is 4.90 Å². The summed E-state index contributed by atoms with van der Waals surface area (Å²) in [5, 5.41) is 1.63. The van der Waals surface area contributed by atoms with Gasteiger partial charge in [0.05, 0.1) is 0 Å². The Bertz CT molecular complexity index is 192. The number of likely N-dealkylation sites (tertiary alicyclic amines) is 1. The van der Waals surface area contributed by atoms with E-state index < -0.39 is 6.30 Å². The first-order valence-corrected chi connectivity index (χ1v) is 5.47. The normalized spacial score (nSPS) is 24.8. The van der Waals surface area contributed by atoms with Gasteiger partial charge < -0.3 is 0 Å². The number of hydrogen-bond acceptors (Lipinski definition) is 2. The minimum atomic E-state index is -4.25. The van der Waals surface area contributed by atoms with E-state index in [9.17, 15) is 13.2 Å². The number of nitrogens with zero attached hydrogens (tertiary/aromatic N) is 1. The molecule has 15 heavy (non-hydrogen) atoms. The standard InChI is InChI=1S/C10H19F3N2/c1-8(2)15-6-4-3-5-9(15)7-14-10(11,12)13/h8-9,14H,3-7H2,1-2H3/t9-/m1/s1. The van der Waals surface area contributed by atoms with Gasteiger partial charge in [-0.15, -0.1) is 0 Å². The van der Waals surface area contributed by atoms with Crippen LogP contribution in [0.4, 0.5) is 13.2 Å². The van der Waals surface area contributed by atoms with Crippen LogP contribution in [-0.4, -0.2) is 36.4 Å². The second-order valence-corrected chi connectivity index (χ2v) is 4.36. The van der Waals surface area contributed by atoms with E-state index in [4.69, 9.17) is 0 Å². The molecule has 0 aliphatic carbocycles. The molecule has 0 bridgehead atoms. The first-order chi connectivity index (χ1) is 6.90. The van der Waals surface area contributed by atoms with Crippen LogP contribution in [0.3, 0.4) is 0 Å². The molecule has 1 aliphatic rings. The predicted octanol–water partition coefficient (Wildman–Crippen LogP) is 2.36. The third kappa shape index (κ3) is 4.38. The molecule has 0 amide bonds. The van der Waals surface area contributed by atoms with Crippen molar-refractivity contribution in [2.45, 2.75) is 51.5 Å². The highest BCUT2D eigenvalue weighted by molar-refractivity contribution is 4.81. The smallest absolute Gasteiger partial charge is 0.297 e. The van der Waals surface area contributed by atoms with Gasteiger partial charge in [-0.25, -0.2) is 5.32 Å². The van der Waals surface area contributed by atoms with Crippen molar-refractivity contribution in [3.63, 3.8) is 0 Å². The van der Waals surface area contributed by atoms with Gasteiger partial charge >= 0.3 is 6.30 Å². The van der Waals surface area contributed by atoms with Crippen LogP contribution in [0.2, 0.25) is 0 Å². The summed E-state index contributed by atoms with van der Waals surface area (Å²) in [5.41, 5.74) is 0. The quantitative estimate of drug-likeness (QED) is 0.740. The highest BCUT2D eigenvalue weighted by atomic mass is 19.4. The molecule has 90 valence electrons. The summed E-state index contributed by atoms with van der Waals surface area (Å²) in [6.45, 7) is 5.00. The van der Waals surface area contributed by atoms with Gasteiger partial charge in [0.2, 0.25) is 0 Å². The van der Waals surface area contributed by atoms with Crippen LogP contribution in [0.5, 0.6) is 0 Å². The lowest BCUT2D eigenvalue weighted by Gasteiger charge is -2.38. The number of rotatable bonds is 3. The molecule has 0 unspecified atom stereocenters. The average molecular weight is 224 g/mol. The summed E-state index contributed by atoms with van der Waals surface area (Å²) in [6, 6.07) is 0.353. The van der Waals surface area contributed by atoms with E-state index in [0.29, 0.717) is 6.04 Å². The van der Waals surface area contributed by atoms with Crippen molar-refractivity contribution in [1.29, 1.82) is 0 Å². The Balaban J connectivity index is 2.43. The van der Waals surface area contributed by atoms with E-state index in [-0.39, 0.29) is 12.6 Å². The number of hydrogen-bond donors (Lipinski definition) is 1. The molecule has 0 spiro atoms. The Hall–Kier alpha value is -0.290. The Morgan fingerprint density at radius 2 is 2.00 bits per heavy atom. The van der Waals surface area contributed by atoms with Crippen molar-refractivity contribution in [3.05, 3.63) is 0 Å². The van der Waals surface area contributed by atoms with Crippen molar-refractivity contribution >= 4 is 0 Å². The Labute approximate surface area is 88.8 Å². The van der Waals surface area contributed by atoms with Gasteiger partial charge in [0.15, 0.2) is 0 Å². The molecule has 0 radical (unpaired) electrons. The molecule has 0 saturated carbocycles. The van der Waals surface area contributed by atoms with Crippen molar-refractivity contribution in [2.24, 2.45) is 0 Å². The second kappa shape index (κ2) is 5.16. The van der Waals surface area contributed by atoms with Crippen molar-refractivity contribution in [3.8, 4) is 0 Å². The first-order valence-electron chi connectivity index (χ1n) is 5.47. The molecule has 1 atom stereocenters. The van der Waals surface area contributed by atoms with Gasteiger partial charge in [0.1, 0.15) is 0 Å².